The third-order valence-corrected chi connectivity index (χ3v) is 4.46. The van der Waals surface area contributed by atoms with Crippen molar-refractivity contribution in [3.8, 4) is 0 Å². The molecule has 0 bridgehead atoms. The Hall–Kier alpha value is -1.10. The fourth-order valence-corrected chi connectivity index (χ4v) is 3.24. The van der Waals surface area contributed by atoms with Crippen LogP contribution in [-0.2, 0) is 22.8 Å². The van der Waals surface area contributed by atoms with Gasteiger partial charge in [-0.2, -0.15) is 0 Å². The Kier molecular flexibility index (Phi) is 3.61. The molecule has 100 valence electrons. The molecule has 1 aliphatic carbocycles. The van der Waals surface area contributed by atoms with Gasteiger partial charge < -0.3 is 4.57 Å². The molecule has 18 heavy (non-hydrogen) atoms. The van der Waals surface area contributed by atoms with E-state index in [1.54, 1.807) is 0 Å². The normalized spacial score (nSPS) is 15.8. The standard InChI is InChI=1S/C13H19NO3S/c1-10-9-11-12(5-3-6-13(11)15)14(10)7-4-8-18(2,16)17/h9H,3-8H2,1-2H3. The first kappa shape index (κ1) is 13.3. The molecule has 0 unspecified atom stereocenters. The summed E-state index contributed by atoms with van der Waals surface area (Å²) < 4.78 is 24.4. The highest BCUT2D eigenvalue weighted by Gasteiger charge is 2.22. The van der Waals surface area contributed by atoms with E-state index < -0.39 is 9.84 Å². The van der Waals surface area contributed by atoms with E-state index in [1.165, 1.54) is 6.26 Å². The average molecular weight is 269 g/mol. The molecule has 0 spiro atoms. The minimum atomic E-state index is -2.90. The van der Waals surface area contributed by atoms with Crippen molar-refractivity contribution in [2.45, 2.75) is 39.2 Å². The van der Waals surface area contributed by atoms with Gasteiger partial charge in [-0.3, -0.25) is 4.79 Å². The predicted molar refractivity (Wildman–Crippen MR) is 70.8 cm³/mol. The van der Waals surface area contributed by atoms with Crippen LogP contribution in [0.1, 0.15) is 41.0 Å². The number of ketones is 1. The van der Waals surface area contributed by atoms with Crippen molar-refractivity contribution in [2.24, 2.45) is 0 Å². The maximum absolute atomic E-state index is 11.8. The molecule has 0 aliphatic heterocycles. The Morgan fingerprint density at radius 3 is 2.72 bits per heavy atom. The molecular formula is C13H19NO3S. The molecule has 0 radical (unpaired) electrons. The fraction of sp³-hybridized carbons (Fsp3) is 0.615. The van der Waals surface area contributed by atoms with Gasteiger partial charge in [0.15, 0.2) is 5.78 Å². The summed E-state index contributed by atoms with van der Waals surface area (Å²) in [4.78, 5) is 11.8. The third-order valence-electron chi connectivity index (χ3n) is 3.43. The zero-order valence-corrected chi connectivity index (χ0v) is 11.7. The van der Waals surface area contributed by atoms with Crippen molar-refractivity contribution in [1.29, 1.82) is 0 Å². The third kappa shape index (κ3) is 2.83. The molecule has 5 heteroatoms. The number of aromatic nitrogens is 1. The number of sulfone groups is 1. The van der Waals surface area contributed by atoms with Gasteiger partial charge in [-0.05, 0) is 32.3 Å². The maximum atomic E-state index is 11.8. The van der Waals surface area contributed by atoms with Crippen LogP contribution in [0.2, 0.25) is 0 Å². The Morgan fingerprint density at radius 1 is 1.33 bits per heavy atom. The minimum Gasteiger partial charge on any atom is -0.348 e. The van der Waals surface area contributed by atoms with Crippen molar-refractivity contribution in [3.05, 3.63) is 23.0 Å². The van der Waals surface area contributed by atoms with Crippen LogP contribution in [-0.4, -0.2) is 30.8 Å². The second-order valence-corrected chi connectivity index (χ2v) is 7.32. The van der Waals surface area contributed by atoms with E-state index in [1.807, 2.05) is 13.0 Å². The number of rotatable bonds is 4. The molecule has 1 aromatic heterocycles. The summed E-state index contributed by atoms with van der Waals surface area (Å²) in [5.41, 5.74) is 3.00. The highest BCUT2D eigenvalue weighted by molar-refractivity contribution is 7.90. The van der Waals surface area contributed by atoms with Crippen LogP contribution in [0.25, 0.3) is 0 Å². The van der Waals surface area contributed by atoms with E-state index in [9.17, 15) is 13.2 Å². The average Bonchev–Trinajstić information content (AvgIpc) is 2.56. The van der Waals surface area contributed by atoms with Crippen LogP contribution in [0.4, 0.5) is 0 Å². The van der Waals surface area contributed by atoms with Crippen molar-refractivity contribution >= 4 is 15.6 Å². The van der Waals surface area contributed by atoms with Crippen LogP contribution in [0.3, 0.4) is 0 Å². The summed E-state index contributed by atoms with van der Waals surface area (Å²) in [6.45, 7) is 2.66. The molecule has 0 saturated heterocycles. The van der Waals surface area contributed by atoms with Gasteiger partial charge in [-0.1, -0.05) is 0 Å². The number of carbonyl (C=O) groups is 1. The summed E-state index contributed by atoms with van der Waals surface area (Å²) >= 11 is 0. The second-order valence-electron chi connectivity index (χ2n) is 5.06. The van der Waals surface area contributed by atoms with Gasteiger partial charge in [0, 0.05) is 36.2 Å². The van der Waals surface area contributed by atoms with Gasteiger partial charge in [-0.25, -0.2) is 8.42 Å². The lowest BCUT2D eigenvalue weighted by molar-refractivity contribution is 0.0971. The van der Waals surface area contributed by atoms with Crippen LogP contribution in [0, 0.1) is 6.92 Å². The number of Topliss-reactive ketones (excluding diaryl/α,β-unsaturated/α-hetero) is 1. The quantitative estimate of drug-likeness (QED) is 0.836. The van der Waals surface area contributed by atoms with Crippen molar-refractivity contribution < 1.29 is 13.2 Å². The van der Waals surface area contributed by atoms with Gasteiger partial charge >= 0.3 is 0 Å². The molecule has 0 saturated carbocycles. The zero-order chi connectivity index (χ0) is 13.3. The Balaban J connectivity index is 2.16. The van der Waals surface area contributed by atoms with Crippen molar-refractivity contribution in [2.75, 3.05) is 12.0 Å². The minimum absolute atomic E-state index is 0.202. The molecule has 2 rings (SSSR count). The van der Waals surface area contributed by atoms with Gasteiger partial charge in [0.05, 0.1) is 5.75 Å². The van der Waals surface area contributed by atoms with Gasteiger partial charge in [0.2, 0.25) is 0 Å². The van der Waals surface area contributed by atoms with Gasteiger partial charge in [0.25, 0.3) is 0 Å². The van der Waals surface area contributed by atoms with Crippen LogP contribution < -0.4 is 0 Å². The lowest BCUT2D eigenvalue weighted by Crippen LogP contribution is -2.15. The van der Waals surface area contributed by atoms with Crippen molar-refractivity contribution in [1.82, 2.24) is 4.57 Å². The summed E-state index contributed by atoms with van der Waals surface area (Å²) in [6, 6.07) is 1.94. The van der Waals surface area contributed by atoms with Crippen molar-refractivity contribution in [3.63, 3.8) is 0 Å². The first-order chi connectivity index (χ1) is 8.38. The molecule has 0 fully saturated rings. The van der Waals surface area contributed by atoms with Gasteiger partial charge in [-0.15, -0.1) is 0 Å². The molecular weight excluding hydrogens is 250 g/mol. The topological polar surface area (TPSA) is 56.1 Å². The largest absolute Gasteiger partial charge is 0.348 e. The number of fused-ring (bicyclic) bond motifs is 1. The summed E-state index contributed by atoms with van der Waals surface area (Å²) in [6.07, 6.45) is 4.33. The number of nitrogens with zero attached hydrogens (tertiary/aromatic N) is 1. The number of hydrogen-bond donors (Lipinski definition) is 0. The van der Waals surface area contributed by atoms with E-state index in [4.69, 9.17) is 0 Å². The fourth-order valence-electron chi connectivity index (χ4n) is 2.59. The molecule has 0 atom stereocenters. The highest BCUT2D eigenvalue weighted by Crippen LogP contribution is 2.25. The predicted octanol–water partition coefficient (Wildman–Crippen LogP) is 1.75. The first-order valence-corrected chi connectivity index (χ1v) is 8.34. The second kappa shape index (κ2) is 4.88. The van der Waals surface area contributed by atoms with E-state index in [0.717, 1.165) is 29.8 Å². The summed E-state index contributed by atoms with van der Waals surface area (Å²) in [7, 11) is -2.90. The number of aryl methyl sites for hydroxylation is 1. The molecule has 1 aromatic rings. The molecule has 1 heterocycles. The molecule has 4 nitrogen and oxygen atoms in total. The molecule has 1 aliphatic rings. The number of hydrogen-bond acceptors (Lipinski definition) is 3. The van der Waals surface area contributed by atoms with E-state index in [0.29, 0.717) is 19.4 Å². The Labute approximate surface area is 108 Å². The molecule has 0 N–H and O–H groups in total. The summed E-state index contributed by atoms with van der Waals surface area (Å²) in [5, 5.41) is 0. The van der Waals surface area contributed by atoms with Crippen LogP contribution in [0.5, 0.6) is 0 Å². The number of carbonyl (C=O) groups excluding carboxylic acids is 1. The van der Waals surface area contributed by atoms with Crippen LogP contribution in [0.15, 0.2) is 6.07 Å². The lowest BCUT2D eigenvalue weighted by Gasteiger charge is -2.15. The lowest BCUT2D eigenvalue weighted by atomic mass is 9.97. The van der Waals surface area contributed by atoms with E-state index in [-0.39, 0.29) is 11.5 Å². The van der Waals surface area contributed by atoms with E-state index >= 15 is 0 Å². The monoisotopic (exact) mass is 269 g/mol. The molecule has 0 amide bonds. The Bertz CT molecular complexity index is 569. The zero-order valence-electron chi connectivity index (χ0n) is 10.9. The maximum Gasteiger partial charge on any atom is 0.164 e. The highest BCUT2D eigenvalue weighted by atomic mass is 32.2. The van der Waals surface area contributed by atoms with E-state index in [2.05, 4.69) is 4.57 Å². The summed E-state index contributed by atoms with van der Waals surface area (Å²) in [5.74, 6) is 0.425. The van der Waals surface area contributed by atoms with Gasteiger partial charge in [0.1, 0.15) is 9.84 Å². The SMILES string of the molecule is Cc1cc2c(n1CCCS(C)(=O)=O)CCCC2=O. The smallest absolute Gasteiger partial charge is 0.164 e. The Morgan fingerprint density at radius 2 is 2.06 bits per heavy atom. The van der Waals surface area contributed by atoms with Crippen LogP contribution >= 0.6 is 0 Å². The first-order valence-electron chi connectivity index (χ1n) is 6.28. The molecule has 0 aromatic carbocycles.